The highest BCUT2D eigenvalue weighted by molar-refractivity contribution is 5.79. The number of rotatable bonds is 3. The monoisotopic (exact) mass is 236 g/mol. The summed E-state index contributed by atoms with van der Waals surface area (Å²) in [4.78, 5) is 1.17. The minimum absolute atomic E-state index is 0.0324. The molecule has 88 valence electrons. The molecule has 0 spiro atoms. The predicted octanol–water partition coefficient (Wildman–Crippen LogP) is 0.226. The third-order valence-corrected chi connectivity index (χ3v) is 1.99. The number of halogens is 1. The molecule has 1 aromatic carbocycles. The van der Waals surface area contributed by atoms with Crippen LogP contribution in [-0.2, 0) is 6.54 Å². The van der Waals surface area contributed by atoms with Crippen molar-refractivity contribution in [3.05, 3.63) is 30.1 Å². The van der Waals surface area contributed by atoms with Crippen LogP contribution in [0.5, 0.6) is 0 Å². The maximum Gasteiger partial charge on any atom is 0.204 e. The van der Waals surface area contributed by atoms with E-state index in [0.717, 1.165) is 0 Å². The van der Waals surface area contributed by atoms with Crippen molar-refractivity contribution >= 4 is 5.84 Å². The molecule has 2 aromatic rings. The number of amidine groups is 1. The zero-order valence-corrected chi connectivity index (χ0v) is 8.66. The number of hydrogen-bond acceptors (Lipinski definition) is 5. The molecule has 0 aliphatic rings. The Balaban J connectivity index is 2.21. The average molecular weight is 236 g/mol. The zero-order chi connectivity index (χ0) is 12.3. The molecule has 8 heteroatoms. The fourth-order valence-corrected chi connectivity index (χ4v) is 1.20. The largest absolute Gasteiger partial charge is 0.409 e. The van der Waals surface area contributed by atoms with Crippen molar-refractivity contribution in [2.75, 3.05) is 0 Å². The molecule has 0 saturated heterocycles. The molecule has 0 atom stereocenters. The van der Waals surface area contributed by atoms with Crippen LogP contribution in [-0.4, -0.2) is 31.3 Å². The van der Waals surface area contributed by atoms with Gasteiger partial charge in [-0.25, -0.2) is 4.39 Å². The summed E-state index contributed by atoms with van der Waals surface area (Å²) in [6, 6.07) is 5.69. The van der Waals surface area contributed by atoms with Gasteiger partial charge in [0.25, 0.3) is 0 Å². The van der Waals surface area contributed by atoms with E-state index in [1.165, 1.54) is 16.9 Å². The molecule has 0 bridgehead atoms. The van der Waals surface area contributed by atoms with Gasteiger partial charge >= 0.3 is 0 Å². The second-order valence-electron chi connectivity index (χ2n) is 3.24. The number of hydrogen-bond donors (Lipinski definition) is 2. The lowest BCUT2D eigenvalue weighted by Crippen LogP contribution is -2.21. The van der Waals surface area contributed by atoms with Crippen molar-refractivity contribution < 1.29 is 9.60 Å². The number of oxime groups is 1. The molecule has 7 nitrogen and oxygen atoms in total. The molecule has 0 aliphatic heterocycles. The highest BCUT2D eigenvalue weighted by atomic mass is 19.1. The summed E-state index contributed by atoms with van der Waals surface area (Å²) in [5.41, 5.74) is 5.93. The van der Waals surface area contributed by atoms with Gasteiger partial charge < -0.3 is 10.9 Å². The van der Waals surface area contributed by atoms with E-state index in [0.29, 0.717) is 11.4 Å². The molecule has 1 heterocycles. The molecular weight excluding hydrogens is 227 g/mol. The van der Waals surface area contributed by atoms with E-state index in [2.05, 4.69) is 20.6 Å². The Kier molecular flexibility index (Phi) is 2.95. The first-order valence-electron chi connectivity index (χ1n) is 4.69. The average Bonchev–Trinajstić information content (AvgIpc) is 2.78. The van der Waals surface area contributed by atoms with E-state index in [4.69, 9.17) is 10.9 Å². The van der Waals surface area contributed by atoms with Crippen LogP contribution in [0, 0.1) is 5.82 Å². The van der Waals surface area contributed by atoms with E-state index in [-0.39, 0.29) is 18.2 Å². The lowest BCUT2D eigenvalue weighted by Gasteiger charge is -1.95. The highest BCUT2D eigenvalue weighted by Crippen LogP contribution is 2.13. The summed E-state index contributed by atoms with van der Waals surface area (Å²) in [5, 5.41) is 22.7. The number of benzene rings is 1. The van der Waals surface area contributed by atoms with E-state index in [1.807, 2.05) is 0 Å². The predicted molar refractivity (Wildman–Crippen MR) is 56.6 cm³/mol. The first-order chi connectivity index (χ1) is 8.19. The molecule has 0 radical (unpaired) electrons. The van der Waals surface area contributed by atoms with Gasteiger partial charge in [0.1, 0.15) is 12.4 Å². The second-order valence-corrected chi connectivity index (χ2v) is 3.24. The highest BCUT2D eigenvalue weighted by Gasteiger charge is 2.06. The quantitative estimate of drug-likeness (QED) is 0.343. The van der Waals surface area contributed by atoms with Crippen LogP contribution in [0.2, 0.25) is 0 Å². The number of nitrogens with two attached hydrogens (primary N) is 1. The molecule has 0 amide bonds. The van der Waals surface area contributed by atoms with Crippen molar-refractivity contribution in [2.24, 2.45) is 10.9 Å². The molecule has 0 unspecified atom stereocenters. The van der Waals surface area contributed by atoms with Crippen LogP contribution in [0.3, 0.4) is 0 Å². The molecule has 17 heavy (non-hydrogen) atoms. The molecule has 0 saturated carbocycles. The number of aromatic nitrogens is 4. The van der Waals surface area contributed by atoms with Crippen LogP contribution >= 0.6 is 0 Å². The zero-order valence-electron chi connectivity index (χ0n) is 8.66. The first kappa shape index (κ1) is 11.0. The van der Waals surface area contributed by atoms with Crippen molar-refractivity contribution in [1.82, 2.24) is 20.2 Å². The Labute approximate surface area is 95.4 Å². The number of nitrogens with zero attached hydrogens (tertiary/aromatic N) is 5. The van der Waals surface area contributed by atoms with Crippen LogP contribution in [0.1, 0.15) is 0 Å². The molecule has 1 aromatic heterocycles. The van der Waals surface area contributed by atoms with Gasteiger partial charge in [-0.05, 0) is 29.5 Å². The van der Waals surface area contributed by atoms with Gasteiger partial charge in [0, 0.05) is 5.56 Å². The smallest absolute Gasteiger partial charge is 0.204 e. The molecule has 2 rings (SSSR count). The third-order valence-electron chi connectivity index (χ3n) is 1.99. The maximum atomic E-state index is 12.7. The fourth-order valence-electron chi connectivity index (χ4n) is 1.20. The minimum atomic E-state index is -0.335. The van der Waals surface area contributed by atoms with Gasteiger partial charge in [0.2, 0.25) is 5.82 Å². The minimum Gasteiger partial charge on any atom is -0.409 e. The third kappa shape index (κ3) is 2.54. The van der Waals surface area contributed by atoms with Gasteiger partial charge in [-0.15, -0.1) is 10.2 Å². The summed E-state index contributed by atoms with van der Waals surface area (Å²) in [6.07, 6.45) is 0. The summed E-state index contributed by atoms with van der Waals surface area (Å²) >= 11 is 0. The molecular formula is C9H9FN6O. The van der Waals surface area contributed by atoms with E-state index in [9.17, 15) is 4.39 Å². The molecule has 0 aliphatic carbocycles. The van der Waals surface area contributed by atoms with Crippen LogP contribution < -0.4 is 5.73 Å². The first-order valence-corrected chi connectivity index (χ1v) is 4.69. The number of tetrazole rings is 1. The van der Waals surface area contributed by atoms with E-state index >= 15 is 0 Å². The van der Waals surface area contributed by atoms with Crippen molar-refractivity contribution in [1.29, 1.82) is 0 Å². The maximum absolute atomic E-state index is 12.7. The Morgan fingerprint density at radius 2 is 2.12 bits per heavy atom. The van der Waals surface area contributed by atoms with Crippen molar-refractivity contribution in [3.63, 3.8) is 0 Å². The Bertz CT molecular complexity index is 535. The topological polar surface area (TPSA) is 102 Å². The summed E-state index contributed by atoms with van der Waals surface area (Å²) in [5.74, 6) is -0.0263. The normalized spacial score (nSPS) is 11.7. The van der Waals surface area contributed by atoms with E-state index < -0.39 is 0 Å². The van der Waals surface area contributed by atoms with Gasteiger partial charge in [-0.2, -0.15) is 4.80 Å². The van der Waals surface area contributed by atoms with Crippen molar-refractivity contribution in [2.45, 2.75) is 6.54 Å². The molecule has 0 fully saturated rings. The Morgan fingerprint density at radius 1 is 1.41 bits per heavy atom. The van der Waals surface area contributed by atoms with Crippen LogP contribution in [0.4, 0.5) is 4.39 Å². The molecule has 3 N–H and O–H groups in total. The van der Waals surface area contributed by atoms with Crippen molar-refractivity contribution in [3.8, 4) is 11.4 Å². The van der Waals surface area contributed by atoms with Gasteiger partial charge in [-0.1, -0.05) is 5.16 Å². The van der Waals surface area contributed by atoms with Gasteiger partial charge in [0.05, 0.1) is 0 Å². The van der Waals surface area contributed by atoms with Crippen LogP contribution in [0.15, 0.2) is 29.4 Å². The fraction of sp³-hybridized carbons (Fsp3) is 0.111. The summed E-state index contributed by atoms with van der Waals surface area (Å²) in [6.45, 7) is 0.0324. The standard InChI is InChI=1S/C9H9FN6O/c10-7-3-1-6(2-4-7)9-12-15-16(13-9)5-8(11)14-17/h1-4,17H,5H2,(H2,11,14). The van der Waals surface area contributed by atoms with Crippen LogP contribution in [0.25, 0.3) is 11.4 Å². The lowest BCUT2D eigenvalue weighted by molar-refractivity contribution is 0.315. The Morgan fingerprint density at radius 3 is 2.76 bits per heavy atom. The lowest BCUT2D eigenvalue weighted by atomic mass is 10.2. The second kappa shape index (κ2) is 4.56. The van der Waals surface area contributed by atoms with Gasteiger partial charge in [-0.3, -0.25) is 0 Å². The summed E-state index contributed by atoms with van der Waals surface area (Å²) < 4.78 is 12.7. The Hall–Kier alpha value is -2.51. The van der Waals surface area contributed by atoms with Gasteiger partial charge in [0.15, 0.2) is 5.84 Å². The van der Waals surface area contributed by atoms with E-state index in [1.54, 1.807) is 12.1 Å². The SMILES string of the molecule is N/C(Cn1nnc(-c2ccc(F)cc2)n1)=N\O. The summed E-state index contributed by atoms with van der Waals surface area (Å²) in [7, 11) is 0.